The van der Waals surface area contributed by atoms with Gasteiger partial charge in [0, 0.05) is 30.7 Å². The summed E-state index contributed by atoms with van der Waals surface area (Å²) in [5.41, 5.74) is 1.83. The van der Waals surface area contributed by atoms with Crippen LogP contribution in [0.2, 0.25) is 0 Å². The summed E-state index contributed by atoms with van der Waals surface area (Å²) in [4.78, 5) is 14.6. The van der Waals surface area contributed by atoms with E-state index in [0.29, 0.717) is 6.04 Å². The highest BCUT2D eigenvalue weighted by molar-refractivity contribution is 5.83. The molecule has 1 aliphatic carbocycles. The number of amides is 1. The van der Waals surface area contributed by atoms with Gasteiger partial charge in [0.15, 0.2) is 11.6 Å². The monoisotopic (exact) mass is 356 g/mol. The Balaban J connectivity index is 1.30. The van der Waals surface area contributed by atoms with Gasteiger partial charge in [-0.1, -0.05) is 24.3 Å². The summed E-state index contributed by atoms with van der Waals surface area (Å²) in [6, 6.07) is 14.4. The number of nitrogens with one attached hydrogen (secondary N) is 1. The van der Waals surface area contributed by atoms with Crippen LogP contribution in [0, 0.1) is 17.6 Å². The predicted octanol–water partition coefficient (Wildman–Crippen LogP) is 4.17. The van der Waals surface area contributed by atoms with Crippen LogP contribution in [0.3, 0.4) is 0 Å². The summed E-state index contributed by atoms with van der Waals surface area (Å²) in [5, 5.41) is 3.52. The molecular formula is C21H22F2N2O. The van der Waals surface area contributed by atoms with E-state index in [1.54, 1.807) is 6.07 Å². The molecule has 1 heterocycles. The molecule has 3 nitrogen and oxygen atoms in total. The number of anilines is 1. The lowest BCUT2D eigenvalue weighted by Crippen LogP contribution is -2.43. The van der Waals surface area contributed by atoms with E-state index in [2.05, 4.69) is 5.32 Å². The van der Waals surface area contributed by atoms with Crippen LogP contribution in [0.15, 0.2) is 48.5 Å². The van der Waals surface area contributed by atoms with Gasteiger partial charge < -0.3 is 10.2 Å². The second kappa shape index (κ2) is 7.06. The Morgan fingerprint density at radius 3 is 2.42 bits per heavy atom. The zero-order valence-electron chi connectivity index (χ0n) is 14.5. The Hall–Kier alpha value is -2.43. The molecule has 1 saturated carbocycles. The van der Waals surface area contributed by atoms with Gasteiger partial charge in [-0.3, -0.25) is 4.79 Å². The van der Waals surface area contributed by atoms with Gasteiger partial charge >= 0.3 is 0 Å². The van der Waals surface area contributed by atoms with Gasteiger partial charge in [-0.15, -0.1) is 0 Å². The Labute approximate surface area is 152 Å². The van der Waals surface area contributed by atoms with Gasteiger partial charge in [-0.05, 0) is 55.0 Å². The van der Waals surface area contributed by atoms with Gasteiger partial charge in [0.05, 0.1) is 0 Å². The number of carbonyl (C=O) groups excluding carboxylic acids is 1. The second-order valence-corrected chi connectivity index (χ2v) is 7.23. The molecule has 0 spiro atoms. The van der Waals surface area contributed by atoms with E-state index in [0.717, 1.165) is 49.7 Å². The molecule has 2 atom stereocenters. The number of likely N-dealkylation sites (tertiary alicyclic amines) is 1. The first-order chi connectivity index (χ1) is 12.6. The van der Waals surface area contributed by atoms with Crippen molar-refractivity contribution in [2.45, 2.75) is 31.2 Å². The SMILES string of the molecule is O=C(C1CC1c1ccc(F)c(F)c1)N1CCC(Nc2ccccc2)CC1. The number of para-hydroxylation sites is 1. The molecule has 0 aromatic heterocycles. The normalized spacial score (nSPS) is 22.9. The lowest BCUT2D eigenvalue weighted by Gasteiger charge is -2.33. The van der Waals surface area contributed by atoms with E-state index in [1.807, 2.05) is 35.2 Å². The van der Waals surface area contributed by atoms with E-state index in [-0.39, 0.29) is 17.7 Å². The van der Waals surface area contributed by atoms with E-state index in [4.69, 9.17) is 0 Å². The number of benzene rings is 2. The summed E-state index contributed by atoms with van der Waals surface area (Å²) >= 11 is 0. The Kier molecular flexibility index (Phi) is 4.62. The molecule has 0 radical (unpaired) electrons. The van der Waals surface area contributed by atoms with Gasteiger partial charge in [0.1, 0.15) is 0 Å². The number of rotatable bonds is 4. The maximum atomic E-state index is 13.4. The van der Waals surface area contributed by atoms with Crippen molar-refractivity contribution in [2.75, 3.05) is 18.4 Å². The molecule has 0 bridgehead atoms. The van der Waals surface area contributed by atoms with Crippen molar-refractivity contribution in [2.24, 2.45) is 5.92 Å². The smallest absolute Gasteiger partial charge is 0.226 e. The minimum Gasteiger partial charge on any atom is -0.382 e. The molecular weight excluding hydrogens is 334 g/mol. The van der Waals surface area contributed by atoms with Crippen LogP contribution in [0.1, 0.15) is 30.7 Å². The highest BCUT2D eigenvalue weighted by atomic mass is 19.2. The highest BCUT2D eigenvalue weighted by Gasteiger charge is 2.46. The maximum absolute atomic E-state index is 13.4. The number of nitrogens with zero attached hydrogens (tertiary/aromatic N) is 1. The van der Waals surface area contributed by atoms with E-state index in [1.165, 1.54) is 6.07 Å². The average Bonchev–Trinajstić information content (AvgIpc) is 3.46. The maximum Gasteiger partial charge on any atom is 0.226 e. The van der Waals surface area contributed by atoms with Crippen LogP contribution in [0.25, 0.3) is 0 Å². The highest BCUT2D eigenvalue weighted by Crippen LogP contribution is 2.48. The lowest BCUT2D eigenvalue weighted by atomic mass is 10.0. The molecule has 136 valence electrons. The fraction of sp³-hybridized carbons (Fsp3) is 0.381. The summed E-state index contributed by atoms with van der Waals surface area (Å²) < 4.78 is 26.5. The summed E-state index contributed by atoms with van der Waals surface area (Å²) in [5.74, 6) is -1.59. The Morgan fingerprint density at radius 2 is 1.73 bits per heavy atom. The number of hydrogen-bond acceptors (Lipinski definition) is 2. The van der Waals surface area contributed by atoms with Crippen molar-refractivity contribution in [1.29, 1.82) is 0 Å². The lowest BCUT2D eigenvalue weighted by molar-refractivity contribution is -0.133. The van der Waals surface area contributed by atoms with E-state index >= 15 is 0 Å². The first kappa shape index (κ1) is 17.0. The fourth-order valence-electron chi connectivity index (χ4n) is 3.83. The van der Waals surface area contributed by atoms with Crippen LogP contribution in [-0.2, 0) is 4.79 Å². The first-order valence-electron chi connectivity index (χ1n) is 9.17. The van der Waals surface area contributed by atoms with Crippen molar-refractivity contribution in [3.05, 3.63) is 65.7 Å². The average molecular weight is 356 g/mol. The molecule has 2 aromatic rings. The topological polar surface area (TPSA) is 32.3 Å². The first-order valence-corrected chi connectivity index (χ1v) is 9.17. The molecule has 1 aliphatic heterocycles. The van der Waals surface area contributed by atoms with Crippen molar-refractivity contribution < 1.29 is 13.6 Å². The zero-order chi connectivity index (χ0) is 18.1. The van der Waals surface area contributed by atoms with Gasteiger partial charge in [0.2, 0.25) is 5.91 Å². The third-order valence-corrected chi connectivity index (χ3v) is 5.43. The molecule has 2 unspecified atom stereocenters. The molecule has 1 saturated heterocycles. The largest absolute Gasteiger partial charge is 0.382 e. The summed E-state index contributed by atoms with van der Waals surface area (Å²) in [7, 11) is 0. The van der Waals surface area contributed by atoms with Crippen LogP contribution in [-0.4, -0.2) is 29.9 Å². The second-order valence-electron chi connectivity index (χ2n) is 7.23. The van der Waals surface area contributed by atoms with Crippen LogP contribution >= 0.6 is 0 Å². The molecule has 4 rings (SSSR count). The third-order valence-electron chi connectivity index (χ3n) is 5.43. The molecule has 2 fully saturated rings. The molecule has 2 aliphatic rings. The Bertz CT molecular complexity index is 788. The van der Waals surface area contributed by atoms with E-state index < -0.39 is 11.6 Å². The predicted molar refractivity (Wildman–Crippen MR) is 96.9 cm³/mol. The zero-order valence-corrected chi connectivity index (χ0v) is 14.5. The number of piperidine rings is 1. The third kappa shape index (κ3) is 3.57. The van der Waals surface area contributed by atoms with Crippen molar-refractivity contribution >= 4 is 11.6 Å². The quantitative estimate of drug-likeness (QED) is 0.892. The molecule has 1 N–H and O–H groups in total. The van der Waals surface area contributed by atoms with Crippen LogP contribution in [0.5, 0.6) is 0 Å². The Morgan fingerprint density at radius 1 is 1.00 bits per heavy atom. The molecule has 2 aromatic carbocycles. The van der Waals surface area contributed by atoms with Gasteiger partial charge in [0.25, 0.3) is 0 Å². The van der Waals surface area contributed by atoms with Crippen molar-refractivity contribution in [3.63, 3.8) is 0 Å². The standard InChI is InChI=1S/C21H22F2N2O/c22-19-7-6-14(12-20(19)23)17-13-18(17)21(26)25-10-8-16(9-11-25)24-15-4-2-1-3-5-15/h1-7,12,16-18,24H,8-11,13H2. The number of halogens is 2. The van der Waals surface area contributed by atoms with Crippen LogP contribution < -0.4 is 5.32 Å². The van der Waals surface area contributed by atoms with E-state index in [9.17, 15) is 13.6 Å². The van der Waals surface area contributed by atoms with Gasteiger partial charge in [-0.2, -0.15) is 0 Å². The van der Waals surface area contributed by atoms with Crippen LogP contribution in [0.4, 0.5) is 14.5 Å². The molecule has 1 amide bonds. The summed E-state index contributed by atoms with van der Waals surface area (Å²) in [6.45, 7) is 1.48. The number of hydrogen-bond donors (Lipinski definition) is 1. The fourth-order valence-corrected chi connectivity index (χ4v) is 3.83. The summed E-state index contributed by atoms with van der Waals surface area (Å²) in [6.07, 6.45) is 2.57. The molecule has 26 heavy (non-hydrogen) atoms. The van der Waals surface area contributed by atoms with Crippen molar-refractivity contribution in [1.82, 2.24) is 4.90 Å². The van der Waals surface area contributed by atoms with Gasteiger partial charge in [-0.25, -0.2) is 8.78 Å². The van der Waals surface area contributed by atoms with Crippen molar-refractivity contribution in [3.8, 4) is 0 Å². The molecule has 5 heteroatoms. The minimum atomic E-state index is -0.842. The number of carbonyl (C=O) groups is 1. The minimum absolute atomic E-state index is 0.0257.